The average Bonchev–Trinajstić information content (AvgIpc) is 2.41. The summed E-state index contributed by atoms with van der Waals surface area (Å²) in [5, 5.41) is 9.39. The minimum atomic E-state index is -1.71. The van der Waals surface area contributed by atoms with Gasteiger partial charge in [-0.15, -0.1) is 0 Å². The van der Waals surface area contributed by atoms with Crippen molar-refractivity contribution in [3.05, 3.63) is 33.8 Å². The second-order valence-corrected chi connectivity index (χ2v) is 5.87. The van der Waals surface area contributed by atoms with Crippen molar-refractivity contribution in [2.24, 2.45) is 5.41 Å². The van der Waals surface area contributed by atoms with E-state index < -0.39 is 35.2 Å². The van der Waals surface area contributed by atoms with Crippen molar-refractivity contribution in [2.45, 2.75) is 32.1 Å². The van der Waals surface area contributed by atoms with Crippen LogP contribution in [0.25, 0.3) is 0 Å². The van der Waals surface area contributed by atoms with Gasteiger partial charge in [0.05, 0.1) is 4.47 Å². The van der Waals surface area contributed by atoms with E-state index in [1.165, 1.54) is 6.07 Å². The minimum absolute atomic E-state index is 0.0534. The Morgan fingerprint density at radius 3 is 2.65 bits per heavy atom. The molecule has 1 aliphatic carbocycles. The third-order valence-electron chi connectivity index (χ3n) is 3.82. The van der Waals surface area contributed by atoms with Crippen molar-refractivity contribution < 1.29 is 23.5 Å². The van der Waals surface area contributed by atoms with Crippen molar-refractivity contribution >= 4 is 27.7 Å². The summed E-state index contributed by atoms with van der Waals surface area (Å²) < 4.78 is 27.8. The molecule has 0 aromatic heterocycles. The van der Waals surface area contributed by atoms with E-state index in [0.29, 0.717) is 12.8 Å². The van der Waals surface area contributed by atoms with Crippen LogP contribution in [0.4, 0.5) is 8.78 Å². The third kappa shape index (κ3) is 2.49. The molecule has 6 heteroatoms. The summed E-state index contributed by atoms with van der Waals surface area (Å²) >= 11 is 2.94. The van der Waals surface area contributed by atoms with Crippen LogP contribution in [0.15, 0.2) is 16.6 Å². The molecule has 1 atom stereocenters. The zero-order valence-corrected chi connectivity index (χ0v) is 12.2. The fourth-order valence-corrected chi connectivity index (χ4v) is 2.98. The summed E-state index contributed by atoms with van der Waals surface area (Å²) in [5.41, 5.74) is -2.06. The third-order valence-corrected chi connectivity index (χ3v) is 4.43. The second-order valence-electron chi connectivity index (χ2n) is 5.02. The first-order valence-corrected chi connectivity index (χ1v) is 7.07. The molecule has 0 bridgehead atoms. The first kappa shape index (κ1) is 15.1. The summed E-state index contributed by atoms with van der Waals surface area (Å²) in [4.78, 5) is 23.6. The van der Waals surface area contributed by atoms with E-state index in [-0.39, 0.29) is 22.9 Å². The van der Waals surface area contributed by atoms with Crippen LogP contribution < -0.4 is 0 Å². The van der Waals surface area contributed by atoms with Gasteiger partial charge in [-0.1, -0.05) is 6.42 Å². The molecule has 1 unspecified atom stereocenters. The summed E-state index contributed by atoms with van der Waals surface area (Å²) in [6, 6.07) is 2.27. The molecule has 0 radical (unpaired) electrons. The summed E-state index contributed by atoms with van der Waals surface area (Å²) in [6.07, 6.45) is 1.00. The molecule has 1 aromatic carbocycles. The molecular formula is C14H13BrF2O3. The van der Waals surface area contributed by atoms with E-state index in [1.54, 1.807) is 0 Å². The first-order chi connectivity index (χ1) is 9.38. The highest BCUT2D eigenvalue weighted by Crippen LogP contribution is 2.38. The van der Waals surface area contributed by atoms with E-state index in [4.69, 9.17) is 0 Å². The Balaban J connectivity index is 2.47. The van der Waals surface area contributed by atoms with Crippen LogP contribution in [0.1, 0.15) is 31.2 Å². The van der Waals surface area contributed by atoms with Crippen LogP contribution in [0, 0.1) is 17.0 Å². The molecule has 1 N–H and O–H groups in total. The lowest BCUT2D eigenvalue weighted by Crippen LogP contribution is -2.43. The Morgan fingerprint density at radius 2 is 2.05 bits per heavy atom. The van der Waals surface area contributed by atoms with E-state index >= 15 is 0 Å². The Morgan fingerprint density at radius 1 is 1.35 bits per heavy atom. The Bertz CT molecular complexity index is 574. The van der Waals surface area contributed by atoms with Crippen LogP contribution in [0.2, 0.25) is 0 Å². The van der Waals surface area contributed by atoms with Crippen LogP contribution in [0.3, 0.4) is 0 Å². The highest BCUT2D eigenvalue weighted by atomic mass is 79.9. The smallest absolute Gasteiger partial charge is 0.317 e. The molecule has 0 heterocycles. The van der Waals surface area contributed by atoms with Gasteiger partial charge in [0.15, 0.2) is 5.78 Å². The number of ketones is 1. The molecule has 2 rings (SSSR count). The first-order valence-electron chi connectivity index (χ1n) is 6.27. The lowest BCUT2D eigenvalue weighted by Gasteiger charge is -2.31. The zero-order chi connectivity index (χ0) is 14.9. The van der Waals surface area contributed by atoms with Gasteiger partial charge in [-0.25, -0.2) is 8.78 Å². The molecular weight excluding hydrogens is 334 g/mol. The van der Waals surface area contributed by atoms with Crippen molar-refractivity contribution in [2.75, 3.05) is 0 Å². The van der Waals surface area contributed by atoms with Gasteiger partial charge in [0.2, 0.25) is 0 Å². The number of carbonyl (C=O) groups excluding carboxylic acids is 1. The van der Waals surface area contributed by atoms with Crippen LogP contribution >= 0.6 is 15.9 Å². The predicted octanol–water partition coefficient (Wildman–Crippen LogP) is 3.48. The molecule has 0 spiro atoms. The topological polar surface area (TPSA) is 54.4 Å². The van der Waals surface area contributed by atoms with E-state index in [9.17, 15) is 23.5 Å². The molecule has 3 nitrogen and oxygen atoms in total. The van der Waals surface area contributed by atoms with Crippen molar-refractivity contribution in [3.8, 4) is 0 Å². The number of Topliss-reactive ketones (excluding diaryl/α,β-unsaturated/α-hetero) is 1. The van der Waals surface area contributed by atoms with E-state index in [0.717, 1.165) is 6.07 Å². The number of hydrogen-bond donors (Lipinski definition) is 1. The van der Waals surface area contributed by atoms with Crippen LogP contribution in [-0.2, 0) is 16.0 Å². The highest BCUT2D eigenvalue weighted by molar-refractivity contribution is 9.10. The van der Waals surface area contributed by atoms with Gasteiger partial charge in [-0.3, -0.25) is 9.59 Å². The van der Waals surface area contributed by atoms with Gasteiger partial charge in [-0.2, -0.15) is 0 Å². The number of aliphatic carboxylic acids is 1. The molecule has 1 fully saturated rings. The van der Waals surface area contributed by atoms with Gasteiger partial charge in [0.1, 0.15) is 17.0 Å². The summed E-state index contributed by atoms with van der Waals surface area (Å²) in [5.74, 6) is -3.43. The summed E-state index contributed by atoms with van der Waals surface area (Å²) in [6.45, 7) is 0. The van der Waals surface area contributed by atoms with E-state index in [1.807, 2.05) is 0 Å². The molecule has 1 saturated carbocycles. The minimum Gasteiger partial charge on any atom is -0.480 e. The Kier molecular flexibility index (Phi) is 4.22. The van der Waals surface area contributed by atoms with E-state index in [2.05, 4.69) is 15.9 Å². The molecule has 108 valence electrons. The lowest BCUT2D eigenvalue weighted by atomic mass is 9.69. The number of carbonyl (C=O) groups is 2. The Hall–Kier alpha value is -1.30. The van der Waals surface area contributed by atoms with Gasteiger partial charge in [0, 0.05) is 18.4 Å². The average molecular weight is 347 g/mol. The van der Waals surface area contributed by atoms with Gasteiger partial charge >= 0.3 is 5.97 Å². The molecule has 1 aromatic rings. The summed E-state index contributed by atoms with van der Waals surface area (Å²) in [7, 11) is 0. The van der Waals surface area contributed by atoms with Gasteiger partial charge in [-0.05, 0) is 40.9 Å². The monoisotopic (exact) mass is 346 g/mol. The maximum absolute atomic E-state index is 14.0. The second kappa shape index (κ2) is 5.60. The maximum Gasteiger partial charge on any atom is 0.317 e. The number of halogens is 3. The SMILES string of the molecule is O=C(O)C1(Cc2c(F)ccc(Br)c2F)CCCCC1=O. The highest BCUT2D eigenvalue weighted by Gasteiger charge is 2.47. The normalized spacial score (nSPS) is 22.9. The number of carboxylic acids is 1. The molecule has 0 aliphatic heterocycles. The number of rotatable bonds is 3. The molecule has 20 heavy (non-hydrogen) atoms. The number of benzene rings is 1. The lowest BCUT2D eigenvalue weighted by molar-refractivity contribution is -0.157. The van der Waals surface area contributed by atoms with Crippen molar-refractivity contribution in [1.82, 2.24) is 0 Å². The van der Waals surface area contributed by atoms with Crippen molar-refractivity contribution in [3.63, 3.8) is 0 Å². The fraction of sp³-hybridized carbons (Fsp3) is 0.429. The largest absolute Gasteiger partial charge is 0.480 e. The number of hydrogen-bond acceptors (Lipinski definition) is 2. The number of carboxylic acid groups (broad SMARTS) is 1. The van der Waals surface area contributed by atoms with Crippen LogP contribution in [-0.4, -0.2) is 16.9 Å². The molecule has 0 saturated heterocycles. The zero-order valence-electron chi connectivity index (χ0n) is 10.6. The standard InChI is InChI=1S/C14H13BrF2O3/c15-9-4-5-10(16)8(12(9)17)7-14(13(19)20)6-2-1-3-11(14)18/h4-5H,1-3,6-7H2,(H,19,20). The molecule has 0 amide bonds. The van der Waals surface area contributed by atoms with Gasteiger partial charge < -0.3 is 5.11 Å². The van der Waals surface area contributed by atoms with Gasteiger partial charge in [0.25, 0.3) is 0 Å². The fourth-order valence-electron chi connectivity index (χ4n) is 2.61. The quantitative estimate of drug-likeness (QED) is 0.673. The maximum atomic E-state index is 14.0. The van der Waals surface area contributed by atoms with Crippen LogP contribution in [0.5, 0.6) is 0 Å². The molecule has 1 aliphatic rings. The Labute approximate surface area is 123 Å². The predicted molar refractivity (Wildman–Crippen MR) is 71.3 cm³/mol. The van der Waals surface area contributed by atoms with Crippen molar-refractivity contribution in [1.29, 1.82) is 0 Å².